The van der Waals surface area contributed by atoms with Gasteiger partial charge in [0.05, 0.1) is 0 Å². The monoisotopic (exact) mass is 295 g/mol. The largest absolute Gasteiger partial charge is 0.381 e. The summed E-state index contributed by atoms with van der Waals surface area (Å²) in [5.74, 6) is 0.576. The molecule has 1 N–H and O–H groups in total. The average molecular weight is 295 g/mol. The van der Waals surface area contributed by atoms with Crippen molar-refractivity contribution in [2.75, 3.05) is 52.5 Å². The maximum absolute atomic E-state index is 12.6. The van der Waals surface area contributed by atoms with Crippen molar-refractivity contribution in [3.63, 3.8) is 0 Å². The van der Waals surface area contributed by atoms with Gasteiger partial charge in [-0.2, -0.15) is 0 Å². The van der Waals surface area contributed by atoms with Gasteiger partial charge in [0.25, 0.3) is 0 Å². The number of carbonyl (C=O) groups excluding carboxylic acids is 1. The van der Waals surface area contributed by atoms with Gasteiger partial charge in [-0.3, -0.25) is 9.69 Å². The van der Waals surface area contributed by atoms with E-state index in [4.69, 9.17) is 4.74 Å². The van der Waals surface area contributed by atoms with Gasteiger partial charge in [0.15, 0.2) is 0 Å². The first-order valence-corrected chi connectivity index (χ1v) is 8.57. The predicted octanol–water partition coefficient (Wildman–Crippen LogP) is 0.699. The highest BCUT2D eigenvalue weighted by atomic mass is 16.5. The van der Waals surface area contributed by atoms with E-state index in [1.54, 1.807) is 0 Å². The molecular weight excluding hydrogens is 266 g/mol. The lowest BCUT2D eigenvalue weighted by molar-refractivity contribution is -0.141. The van der Waals surface area contributed by atoms with Gasteiger partial charge in [0.1, 0.15) is 0 Å². The third-order valence-electron chi connectivity index (χ3n) is 5.71. The summed E-state index contributed by atoms with van der Waals surface area (Å²) in [7, 11) is 0. The van der Waals surface area contributed by atoms with Crippen LogP contribution >= 0.6 is 0 Å². The fourth-order valence-corrected chi connectivity index (χ4v) is 4.13. The van der Waals surface area contributed by atoms with E-state index in [2.05, 4.69) is 22.0 Å². The summed E-state index contributed by atoms with van der Waals surface area (Å²) in [6, 6.07) is 0. The number of hydrogen-bond acceptors (Lipinski definition) is 4. The molecule has 1 amide bonds. The number of nitrogens with one attached hydrogen (secondary N) is 1. The predicted molar refractivity (Wildman–Crippen MR) is 82.2 cm³/mol. The standard InChI is InChI=1S/C16H29N3O2/c1-2-16(5-6-17-13-16)19-9-7-18(8-10-19)15(20)14-3-11-21-12-4-14/h14,17H,2-13H2,1H3. The van der Waals surface area contributed by atoms with Crippen LogP contribution in [-0.4, -0.2) is 73.7 Å². The lowest BCUT2D eigenvalue weighted by Crippen LogP contribution is -2.59. The van der Waals surface area contributed by atoms with Crippen LogP contribution < -0.4 is 5.32 Å². The zero-order valence-corrected chi connectivity index (χ0v) is 13.3. The molecule has 5 nitrogen and oxygen atoms in total. The Hall–Kier alpha value is -0.650. The molecule has 0 aromatic carbocycles. The highest BCUT2D eigenvalue weighted by Gasteiger charge is 2.40. The zero-order chi connectivity index (χ0) is 14.7. The molecule has 0 spiro atoms. The number of piperazine rings is 1. The summed E-state index contributed by atoms with van der Waals surface area (Å²) >= 11 is 0. The van der Waals surface area contributed by atoms with Gasteiger partial charge in [0.2, 0.25) is 5.91 Å². The minimum Gasteiger partial charge on any atom is -0.381 e. The van der Waals surface area contributed by atoms with E-state index < -0.39 is 0 Å². The number of carbonyl (C=O) groups is 1. The molecule has 1 unspecified atom stereocenters. The van der Waals surface area contributed by atoms with Gasteiger partial charge >= 0.3 is 0 Å². The molecule has 1 atom stereocenters. The van der Waals surface area contributed by atoms with Gasteiger partial charge in [-0.15, -0.1) is 0 Å². The highest BCUT2D eigenvalue weighted by molar-refractivity contribution is 5.79. The molecule has 0 aromatic rings. The number of amides is 1. The van der Waals surface area contributed by atoms with Crippen LogP contribution in [0.1, 0.15) is 32.6 Å². The quantitative estimate of drug-likeness (QED) is 0.832. The SMILES string of the molecule is CCC1(N2CCN(C(=O)C3CCOCC3)CC2)CCNC1. The molecular formula is C16H29N3O2. The van der Waals surface area contributed by atoms with Crippen LogP contribution in [0, 0.1) is 5.92 Å². The molecule has 120 valence electrons. The van der Waals surface area contributed by atoms with Gasteiger partial charge in [-0.1, -0.05) is 6.92 Å². The molecule has 0 saturated carbocycles. The summed E-state index contributed by atoms with van der Waals surface area (Å²) in [4.78, 5) is 17.3. The van der Waals surface area contributed by atoms with Crippen LogP contribution in [-0.2, 0) is 9.53 Å². The van der Waals surface area contributed by atoms with E-state index in [0.717, 1.165) is 65.3 Å². The molecule has 5 heteroatoms. The van der Waals surface area contributed by atoms with Crippen LogP contribution in [0.3, 0.4) is 0 Å². The highest BCUT2D eigenvalue weighted by Crippen LogP contribution is 2.28. The molecule has 3 heterocycles. The van der Waals surface area contributed by atoms with Crippen molar-refractivity contribution >= 4 is 5.91 Å². The molecule has 21 heavy (non-hydrogen) atoms. The summed E-state index contributed by atoms with van der Waals surface area (Å²) in [5, 5.41) is 3.51. The second-order valence-corrected chi connectivity index (χ2v) is 6.70. The van der Waals surface area contributed by atoms with Gasteiger partial charge in [-0.05, 0) is 32.2 Å². The molecule has 3 aliphatic rings. The molecule has 0 bridgehead atoms. The molecule has 0 radical (unpaired) electrons. The van der Waals surface area contributed by atoms with Crippen molar-refractivity contribution in [1.29, 1.82) is 0 Å². The van der Waals surface area contributed by atoms with Crippen LogP contribution in [0.25, 0.3) is 0 Å². The Morgan fingerprint density at radius 1 is 1.24 bits per heavy atom. The van der Waals surface area contributed by atoms with E-state index in [9.17, 15) is 4.79 Å². The summed E-state index contributed by atoms with van der Waals surface area (Å²) < 4.78 is 5.36. The second kappa shape index (κ2) is 6.63. The van der Waals surface area contributed by atoms with E-state index in [1.165, 1.54) is 12.8 Å². The van der Waals surface area contributed by atoms with Gasteiger partial charge in [0, 0.05) is 57.4 Å². The number of ether oxygens (including phenoxy) is 1. The van der Waals surface area contributed by atoms with Crippen molar-refractivity contribution in [1.82, 2.24) is 15.1 Å². The summed E-state index contributed by atoms with van der Waals surface area (Å²) in [6.07, 6.45) is 4.26. The van der Waals surface area contributed by atoms with E-state index in [-0.39, 0.29) is 5.92 Å². The van der Waals surface area contributed by atoms with Crippen LogP contribution in [0.5, 0.6) is 0 Å². The Balaban J connectivity index is 1.53. The van der Waals surface area contributed by atoms with E-state index in [0.29, 0.717) is 11.4 Å². The fraction of sp³-hybridized carbons (Fsp3) is 0.938. The topological polar surface area (TPSA) is 44.8 Å². The van der Waals surface area contributed by atoms with Crippen molar-refractivity contribution in [2.45, 2.75) is 38.1 Å². The van der Waals surface area contributed by atoms with Gasteiger partial charge in [-0.25, -0.2) is 0 Å². The van der Waals surface area contributed by atoms with Crippen LogP contribution in [0.2, 0.25) is 0 Å². The Morgan fingerprint density at radius 2 is 1.95 bits per heavy atom. The number of rotatable bonds is 3. The first-order chi connectivity index (χ1) is 10.2. The lowest BCUT2D eigenvalue weighted by Gasteiger charge is -2.46. The first-order valence-electron chi connectivity index (χ1n) is 8.57. The molecule has 3 rings (SSSR count). The van der Waals surface area contributed by atoms with E-state index in [1.807, 2.05) is 0 Å². The molecule has 3 saturated heterocycles. The third kappa shape index (κ3) is 3.10. The fourth-order valence-electron chi connectivity index (χ4n) is 4.13. The molecule has 0 aromatic heterocycles. The lowest BCUT2D eigenvalue weighted by atomic mass is 9.91. The third-order valence-corrected chi connectivity index (χ3v) is 5.71. The van der Waals surface area contributed by atoms with Gasteiger partial charge < -0.3 is 15.0 Å². The minimum atomic E-state index is 0.207. The smallest absolute Gasteiger partial charge is 0.225 e. The number of nitrogens with zero attached hydrogens (tertiary/aromatic N) is 2. The van der Waals surface area contributed by atoms with Crippen molar-refractivity contribution in [3.05, 3.63) is 0 Å². The van der Waals surface area contributed by atoms with Crippen molar-refractivity contribution in [2.24, 2.45) is 5.92 Å². The Labute approximate surface area is 128 Å². The summed E-state index contributed by atoms with van der Waals surface area (Å²) in [6.45, 7) is 9.91. The molecule has 0 aliphatic carbocycles. The number of hydrogen-bond donors (Lipinski definition) is 1. The zero-order valence-electron chi connectivity index (χ0n) is 13.3. The van der Waals surface area contributed by atoms with Crippen LogP contribution in [0.4, 0.5) is 0 Å². The first kappa shape index (κ1) is 15.3. The van der Waals surface area contributed by atoms with Crippen molar-refractivity contribution < 1.29 is 9.53 Å². The maximum Gasteiger partial charge on any atom is 0.225 e. The van der Waals surface area contributed by atoms with Crippen molar-refractivity contribution in [3.8, 4) is 0 Å². The minimum absolute atomic E-state index is 0.207. The Morgan fingerprint density at radius 3 is 2.52 bits per heavy atom. The summed E-state index contributed by atoms with van der Waals surface area (Å²) in [5.41, 5.74) is 0.341. The van der Waals surface area contributed by atoms with Crippen LogP contribution in [0.15, 0.2) is 0 Å². The van der Waals surface area contributed by atoms with E-state index >= 15 is 0 Å². The normalized spacial score (nSPS) is 32.5. The Kier molecular flexibility index (Phi) is 4.82. The second-order valence-electron chi connectivity index (χ2n) is 6.70. The Bertz CT molecular complexity index is 355. The maximum atomic E-state index is 12.6. The average Bonchev–Trinajstić information content (AvgIpc) is 3.05. The molecule has 3 aliphatic heterocycles. The molecule has 3 fully saturated rings.